The highest BCUT2D eigenvalue weighted by Crippen LogP contribution is 2.13. The van der Waals surface area contributed by atoms with Gasteiger partial charge in [-0.25, -0.2) is 9.78 Å². The molecular formula is C22H19N3O4. The standard InChI is InChI=1S/C22H19N3O4/c1-29-22(28)16-9-5-10-17(13-16)24-21(27)19-12-6-11-18(25-19)20(26)23-14-15-7-3-2-4-8-15/h2-13H,14H2,1H3,(H,23,26)(H,24,27). The van der Waals surface area contributed by atoms with Crippen LogP contribution >= 0.6 is 0 Å². The number of hydrogen-bond acceptors (Lipinski definition) is 5. The van der Waals surface area contributed by atoms with Crippen molar-refractivity contribution in [2.24, 2.45) is 0 Å². The Morgan fingerprint density at radius 1 is 0.862 bits per heavy atom. The van der Waals surface area contributed by atoms with Crippen LogP contribution in [0.1, 0.15) is 36.9 Å². The summed E-state index contributed by atoms with van der Waals surface area (Å²) >= 11 is 0. The molecular weight excluding hydrogens is 370 g/mol. The highest BCUT2D eigenvalue weighted by Gasteiger charge is 2.13. The molecule has 3 rings (SSSR count). The van der Waals surface area contributed by atoms with Gasteiger partial charge < -0.3 is 15.4 Å². The van der Waals surface area contributed by atoms with Crippen molar-refractivity contribution in [1.82, 2.24) is 10.3 Å². The molecule has 2 amide bonds. The molecule has 0 radical (unpaired) electrons. The molecule has 0 aliphatic carbocycles. The van der Waals surface area contributed by atoms with Crippen LogP contribution in [0.2, 0.25) is 0 Å². The van der Waals surface area contributed by atoms with Crippen molar-refractivity contribution < 1.29 is 19.1 Å². The SMILES string of the molecule is COC(=O)c1cccc(NC(=O)c2cccc(C(=O)NCc3ccccc3)n2)c1. The Kier molecular flexibility index (Phi) is 6.32. The lowest BCUT2D eigenvalue weighted by atomic mass is 10.2. The van der Waals surface area contributed by atoms with Gasteiger partial charge in [-0.15, -0.1) is 0 Å². The van der Waals surface area contributed by atoms with Crippen molar-refractivity contribution in [3.05, 3.63) is 95.3 Å². The molecule has 1 heterocycles. The summed E-state index contributed by atoms with van der Waals surface area (Å²) < 4.78 is 4.67. The van der Waals surface area contributed by atoms with E-state index in [1.165, 1.54) is 25.3 Å². The monoisotopic (exact) mass is 389 g/mol. The molecule has 7 heteroatoms. The zero-order valence-electron chi connectivity index (χ0n) is 15.7. The second kappa shape index (κ2) is 9.27. The Balaban J connectivity index is 1.67. The highest BCUT2D eigenvalue weighted by atomic mass is 16.5. The number of methoxy groups -OCH3 is 1. The molecule has 29 heavy (non-hydrogen) atoms. The number of nitrogens with one attached hydrogen (secondary N) is 2. The van der Waals surface area contributed by atoms with Crippen LogP contribution in [-0.2, 0) is 11.3 Å². The third kappa shape index (κ3) is 5.26. The third-order valence-corrected chi connectivity index (χ3v) is 4.05. The summed E-state index contributed by atoms with van der Waals surface area (Å²) in [6.45, 7) is 0.359. The van der Waals surface area contributed by atoms with E-state index in [1.807, 2.05) is 30.3 Å². The summed E-state index contributed by atoms with van der Waals surface area (Å²) in [5.41, 5.74) is 1.91. The first-order valence-corrected chi connectivity index (χ1v) is 8.86. The van der Waals surface area contributed by atoms with Gasteiger partial charge in [0, 0.05) is 12.2 Å². The van der Waals surface area contributed by atoms with E-state index in [0.717, 1.165) is 5.56 Å². The second-order valence-corrected chi connectivity index (χ2v) is 6.10. The van der Waals surface area contributed by atoms with E-state index in [4.69, 9.17) is 0 Å². The molecule has 0 spiro atoms. The molecule has 1 aromatic heterocycles. The lowest BCUT2D eigenvalue weighted by Crippen LogP contribution is -2.25. The fourth-order valence-electron chi connectivity index (χ4n) is 2.59. The molecule has 7 nitrogen and oxygen atoms in total. The van der Waals surface area contributed by atoms with Crippen LogP contribution in [0, 0.1) is 0 Å². The zero-order chi connectivity index (χ0) is 20.6. The van der Waals surface area contributed by atoms with E-state index < -0.39 is 11.9 Å². The van der Waals surface area contributed by atoms with Gasteiger partial charge in [0.05, 0.1) is 12.7 Å². The number of benzene rings is 2. The molecule has 0 bridgehead atoms. The van der Waals surface area contributed by atoms with Crippen molar-refractivity contribution in [2.45, 2.75) is 6.54 Å². The number of aromatic nitrogens is 1. The number of ether oxygens (including phenoxy) is 1. The normalized spacial score (nSPS) is 10.1. The van der Waals surface area contributed by atoms with Crippen LogP contribution in [0.4, 0.5) is 5.69 Å². The molecule has 0 aliphatic rings. The third-order valence-electron chi connectivity index (χ3n) is 4.05. The van der Waals surface area contributed by atoms with E-state index in [-0.39, 0.29) is 17.3 Å². The minimum atomic E-state index is -0.503. The van der Waals surface area contributed by atoms with Crippen LogP contribution in [0.15, 0.2) is 72.8 Å². The Hall–Kier alpha value is -4.00. The molecule has 0 unspecified atom stereocenters. The summed E-state index contributed by atoms with van der Waals surface area (Å²) in [5.74, 6) is -1.38. The zero-order valence-corrected chi connectivity index (χ0v) is 15.7. The van der Waals surface area contributed by atoms with E-state index in [1.54, 1.807) is 24.3 Å². The molecule has 3 aromatic rings. The number of anilines is 1. The van der Waals surface area contributed by atoms with Gasteiger partial charge in [0.15, 0.2) is 0 Å². The van der Waals surface area contributed by atoms with Gasteiger partial charge in [0.1, 0.15) is 11.4 Å². The van der Waals surface area contributed by atoms with Crippen molar-refractivity contribution in [3.8, 4) is 0 Å². The van der Waals surface area contributed by atoms with E-state index >= 15 is 0 Å². The number of hydrogen-bond donors (Lipinski definition) is 2. The average molecular weight is 389 g/mol. The van der Waals surface area contributed by atoms with Gasteiger partial charge >= 0.3 is 5.97 Å². The maximum Gasteiger partial charge on any atom is 0.337 e. The Labute approximate surface area is 167 Å². The Morgan fingerprint density at radius 3 is 2.28 bits per heavy atom. The summed E-state index contributed by atoms with van der Waals surface area (Å²) in [6.07, 6.45) is 0. The summed E-state index contributed by atoms with van der Waals surface area (Å²) in [4.78, 5) is 40.6. The average Bonchev–Trinajstić information content (AvgIpc) is 2.77. The van der Waals surface area contributed by atoms with Crippen LogP contribution in [0.3, 0.4) is 0 Å². The van der Waals surface area contributed by atoms with Crippen molar-refractivity contribution >= 4 is 23.5 Å². The fourth-order valence-corrected chi connectivity index (χ4v) is 2.59. The van der Waals surface area contributed by atoms with Crippen LogP contribution in [0.25, 0.3) is 0 Å². The summed E-state index contributed by atoms with van der Waals surface area (Å²) in [6, 6.07) is 20.5. The maximum atomic E-state index is 12.5. The smallest absolute Gasteiger partial charge is 0.337 e. The van der Waals surface area contributed by atoms with E-state index in [2.05, 4.69) is 20.4 Å². The van der Waals surface area contributed by atoms with Gasteiger partial charge in [0.25, 0.3) is 11.8 Å². The highest BCUT2D eigenvalue weighted by molar-refractivity contribution is 6.04. The van der Waals surface area contributed by atoms with Gasteiger partial charge in [0.2, 0.25) is 0 Å². The summed E-state index contributed by atoms with van der Waals surface area (Å²) in [5, 5.41) is 5.43. The van der Waals surface area contributed by atoms with Crippen molar-refractivity contribution in [1.29, 1.82) is 0 Å². The summed E-state index contributed by atoms with van der Waals surface area (Å²) in [7, 11) is 1.28. The lowest BCUT2D eigenvalue weighted by Gasteiger charge is -2.08. The number of esters is 1. The number of pyridine rings is 1. The predicted octanol–water partition coefficient (Wildman–Crippen LogP) is 3.05. The number of nitrogens with zero attached hydrogens (tertiary/aromatic N) is 1. The number of amides is 2. The second-order valence-electron chi connectivity index (χ2n) is 6.10. The van der Waals surface area contributed by atoms with Gasteiger partial charge in [-0.3, -0.25) is 9.59 Å². The first-order chi connectivity index (χ1) is 14.1. The molecule has 2 N–H and O–H groups in total. The van der Waals surface area contributed by atoms with Gasteiger partial charge in [-0.05, 0) is 35.9 Å². The number of carbonyl (C=O) groups excluding carboxylic acids is 3. The Bertz CT molecular complexity index is 1030. The van der Waals surface area contributed by atoms with Crippen molar-refractivity contribution in [3.63, 3.8) is 0 Å². The molecule has 0 atom stereocenters. The van der Waals surface area contributed by atoms with Crippen LogP contribution < -0.4 is 10.6 Å². The molecule has 0 aliphatic heterocycles. The van der Waals surface area contributed by atoms with Crippen molar-refractivity contribution in [2.75, 3.05) is 12.4 Å². The first-order valence-electron chi connectivity index (χ1n) is 8.86. The lowest BCUT2D eigenvalue weighted by molar-refractivity contribution is 0.0600. The number of rotatable bonds is 6. The fraction of sp³-hybridized carbons (Fsp3) is 0.0909. The maximum absolute atomic E-state index is 12.5. The Morgan fingerprint density at radius 2 is 1.55 bits per heavy atom. The predicted molar refractivity (Wildman–Crippen MR) is 108 cm³/mol. The molecule has 2 aromatic carbocycles. The first kappa shape index (κ1) is 19.8. The van der Waals surface area contributed by atoms with E-state index in [0.29, 0.717) is 17.8 Å². The molecule has 0 fully saturated rings. The largest absolute Gasteiger partial charge is 0.465 e. The van der Waals surface area contributed by atoms with Crippen LogP contribution in [-0.4, -0.2) is 29.9 Å². The van der Waals surface area contributed by atoms with Gasteiger partial charge in [-0.1, -0.05) is 42.5 Å². The van der Waals surface area contributed by atoms with Crippen LogP contribution in [0.5, 0.6) is 0 Å². The quantitative estimate of drug-likeness (QED) is 0.632. The van der Waals surface area contributed by atoms with Gasteiger partial charge in [-0.2, -0.15) is 0 Å². The minimum Gasteiger partial charge on any atom is -0.465 e. The molecule has 0 saturated carbocycles. The topological polar surface area (TPSA) is 97.4 Å². The molecule has 0 saturated heterocycles. The van der Waals surface area contributed by atoms with E-state index in [9.17, 15) is 14.4 Å². The number of carbonyl (C=O) groups is 3. The minimum absolute atomic E-state index is 0.0841. The molecule has 146 valence electrons.